The van der Waals surface area contributed by atoms with Crippen LogP contribution in [0.5, 0.6) is 0 Å². The number of nitrogens with one attached hydrogen (secondary N) is 1. The maximum atomic E-state index is 13.1. The van der Waals surface area contributed by atoms with Crippen molar-refractivity contribution < 1.29 is 4.39 Å². The Kier molecular flexibility index (Phi) is 3.27. The lowest BCUT2D eigenvalue weighted by Crippen LogP contribution is -2.05. The Morgan fingerprint density at radius 3 is 2.81 bits per heavy atom. The molecule has 0 saturated heterocycles. The number of hydrogen-bond acceptors (Lipinski definition) is 2. The van der Waals surface area contributed by atoms with Crippen molar-refractivity contribution in [3.05, 3.63) is 54.1 Å². The van der Waals surface area contributed by atoms with Crippen LogP contribution in [0.25, 0.3) is 11.1 Å². The van der Waals surface area contributed by atoms with Crippen LogP contribution >= 0.6 is 0 Å². The van der Waals surface area contributed by atoms with Crippen LogP contribution in [0.1, 0.15) is 5.56 Å². The van der Waals surface area contributed by atoms with Crippen molar-refractivity contribution in [3.8, 4) is 11.1 Å². The van der Waals surface area contributed by atoms with Gasteiger partial charge in [0.2, 0.25) is 0 Å². The van der Waals surface area contributed by atoms with E-state index in [0.29, 0.717) is 0 Å². The lowest BCUT2D eigenvalue weighted by molar-refractivity contribution is 0.628. The standard InChI is InChI=1S/C13H13FN2/c1-15-7-10-5-12(9-16-8-10)11-3-2-4-13(14)6-11/h2-6,8-9,15H,7H2,1H3. The molecule has 0 atom stereocenters. The minimum absolute atomic E-state index is 0.225. The van der Waals surface area contributed by atoms with Crippen LogP contribution in [-0.4, -0.2) is 12.0 Å². The molecule has 0 aliphatic heterocycles. The van der Waals surface area contributed by atoms with Crippen LogP contribution in [0.15, 0.2) is 42.7 Å². The van der Waals surface area contributed by atoms with Crippen molar-refractivity contribution in [1.29, 1.82) is 0 Å². The fourth-order valence-electron chi connectivity index (χ4n) is 1.61. The van der Waals surface area contributed by atoms with Crippen molar-refractivity contribution in [2.45, 2.75) is 6.54 Å². The first-order valence-electron chi connectivity index (χ1n) is 5.14. The first-order chi connectivity index (χ1) is 7.79. The molecular formula is C13H13FN2. The molecule has 0 aliphatic carbocycles. The molecule has 0 spiro atoms. The van der Waals surface area contributed by atoms with Gasteiger partial charge in [-0.1, -0.05) is 12.1 Å². The zero-order valence-electron chi connectivity index (χ0n) is 9.07. The summed E-state index contributed by atoms with van der Waals surface area (Å²) in [4.78, 5) is 4.15. The third-order valence-electron chi connectivity index (χ3n) is 2.33. The maximum Gasteiger partial charge on any atom is 0.123 e. The van der Waals surface area contributed by atoms with E-state index >= 15 is 0 Å². The summed E-state index contributed by atoms with van der Waals surface area (Å²) in [6, 6.07) is 8.55. The molecule has 0 amide bonds. The van der Waals surface area contributed by atoms with Gasteiger partial charge in [0, 0.05) is 24.5 Å². The molecule has 0 saturated carbocycles. The van der Waals surface area contributed by atoms with E-state index in [9.17, 15) is 4.39 Å². The normalized spacial score (nSPS) is 10.4. The van der Waals surface area contributed by atoms with Crippen molar-refractivity contribution in [1.82, 2.24) is 10.3 Å². The Labute approximate surface area is 94.2 Å². The highest BCUT2D eigenvalue weighted by atomic mass is 19.1. The first-order valence-corrected chi connectivity index (χ1v) is 5.14. The van der Waals surface area contributed by atoms with E-state index in [4.69, 9.17) is 0 Å². The Balaban J connectivity index is 2.36. The minimum atomic E-state index is -0.225. The number of hydrogen-bond donors (Lipinski definition) is 1. The molecule has 1 aromatic heterocycles. The second-order valence-electron chi connectivity index (χ2n) is 3.62. The second kappa shape index (κ2) is 4.86. The Hall–Kier alpha value is -1.74. The van der Waals surface area contributed by atoms with Gasteiger partial charge in [0.25, 0.3) is 0 Å². The van der Waals surface area contributed by atoms with Crippen molar-refractivity contribution in [3.63, 3.8) is 0 Å². The van der Waals surface area contributed by atoms with Crippen LogP contribution in [0.2, 0.25) is 0 Å². The predicted molar refractivity (Wildman–Crippen MR) is 62.4 cm³/mol. The number of pyridine rings is 1. The van der Waals surface area contributed by atoms with Crippen molar-refractivity contribution in [2.24, 2.45) is 0 Å². The largest absolute Gasteiger partial charge is 0.316 e. The molecule has 2 rings (SSSR count). The molecule has 16 heavy (non-hydrogen) atoms. The molecule has 2 aromatic rings. The van der Waals surface area contributed by atoms with Gasteiger partial charge in [0.05, 0.1) is 0 Å². The minimum Gasteiger partial charge on any atom is -0.316 e. The lowest BCUT2D eigenvalue weighted by atomic mass is 10.1. The highest BCUT2D eigenvalue weighted by Gasteiger charge is 2.00. The summed E-state index contributed by atoms with van der Waals surface area (Å²) >= 11 is 0. The Morgan fingerprint density at radius 2 is 2.06 bits per heavy atom. The molecule has 1 N–H and O–H groups in total. The average molecular weight is 216 g/mol. The van der Waals surface area contributed by atoms with Gasteiger partial charge in [-0.15, -0.1) is 0 Å². The summed E-state index contributed by atoms with van der Waals surface area (Å²) in [5.74, 6) is -0.225. The van der Waals surface area contributed by atoms with E-state index in [1.807, 2.05) is 19.2 Å². The van der Waals surface area contributed by atoms with E-state index < -0.39 is 0 Å². The topological polar surface area (TPSA) is 24.9 Å². The maximum absolute atomic E-state index is 13.1. The van der Waals surface area contributed by atoms with Gasteiger partial charge >= 0.3 is 0 Å². The van der Waals surface area contributed by atoms with Crippen molar-refractivity contribution in [2.75, 3.05) is 7.05 Å². The van der Waals surface area contributed by atoms with Gasteiger partial charge in [-0.3, -0.25) is 4.98 Å². The van der Waals surface area contributed by atoms with E-state index in [2.05, 4.69) is 10.3 Å². The molecule has 82 valence electrons. The molecule has 1 heterocycles. The number of benzene rings is 1. The number of nitrogens with zero attached hydrogens (tertiary/aromatic N) is 1. The zero-order valence-corrected chi connectivity index (χ0v) is 9.07. The molecule has 0 unspecified atom stereocenters. The monoisotopic (exact) mass is 216 g/mol. The van der Waals surface area contributed by atoms with E-state index in [1.54, 1.807) is 18.5 Å². The predicted octanol–water partition coefficient (Wildman–Crippen LogP) is 2.61. The summed E-state index contributed by atoms with van der Waals surface area (Å²) in [7, 11) is 1.88. The second-order valence-corrected chi connectivity index (χ2v) is 3.62. The number of rotatable bonds is 3. The van der Waals surface area contributed by atoms with Gasteiger partial charge < -0.3 is 5.32 Å². The van der Waals surface area contributed by atoms with Crippen molar-refractivity contribution >= 4 is 0 Å². The Morgan fingerprint density at radius 1 is 1.19 bits per heavy atom. The van der Waals surface area contributed by atoms with Gasteiger partial charge in [0.15, 0.2) is 0 Å². The molecular weight excluding hydrogens is 203 g/mol. The fourth-order valence-corrected chi connectivity index (χ4v) is 1.61. The van der Waals surface area contributed by atoms with Crippen LogP contribution in [0, 0.1) is 5.82 Å². The van der Waals surface area contributed by atoms with Crippen LogP contribution in [0.3, 0.4) is 0 Å². The fraction of sp³-hybridized carbons (Fsp3) is 0.154. The molecule has 3 heteroatoms. The van der Waals surface area contributed by atoms with E-state index in [-0.39, 0.29) is 5.82 Å². The quantitative estimate of drug-likeness (QED) is 0.853. The highest BCUT2D eigenvalue weighted by Crippen LogP contribution is 2.19. The summed E-state index contributed by atoms with van der Waals surface area (Å²) in [5.41, 5.74) is 2.88. The average Bonchev–Trinajstić information content (AvgIpc) is 2.30. The molecule has 0 bridgehead atoms. The number of halogens is 1. The lowest BCUT2D eigenvalue weighted by Gasteiger charge is -2.04. The van der Waals surface area contributed by atoms with Gasteiger partial charge in [-0.25, -0.2) is 4.39 Å². The van der Waals surface area contributed by atoms with Crippen LogP contribution in [-0.2, 0) is 6.54 Å². The smallest absolute Gasteiger partial charge is 0.123 e. The van der Waals surface area contributed by atoms with E-state index in [1.165, 1.54) is 12.1 Å². The zero-order chi connectivity index (χ0) is 11.4. The molecule has 0 radical (unpaired) electrons. The van der Waals surface area contributed by atoms with Gasteiger partial charge in [-0.2, -0.15) is 0 Å². The molecule has 1 aromatic carbocycles. The summed E-state index contributed by atoms with van der Waals surface area (Å²) < 4.78 is 13.1. The third-order valence-corrected chi connectivity index (χ3v) is 2.33. The SMILES string of the molecule is CNCc1cncc(-c2cccc(F)c2)c1. The Bertz CT molecular complexity index is 483. The first kappa shape index (κ1) is 10.8. The third kappa shape index (κ3) is 2.44. The number of aromatic nitrogens is 1. The van der Waals surface area contributed by atoms with Gasteiger partial charge in [-0.05, 0) is 36.4 Å². The molecule has 2 nitrogen and oxygen atoms in total. The van der Waals surface area contributed by atoms with Crippen LogP contribution < -0.4 is 5.32 Å². The molecule has 0 aliphatic rings. The molecule has 0 fully saturated rings. The highest BCUT2D eigenvalue weighted by molar-refractivity contribution is 5.62. The summed E-state index contributed by atoms with van der Waals surface area (Å²) in [6.45, 7) is 0.760. The van der Waals surface area contributed by atoms with Gasteiger partial charge in [0.1, 0.15) is 5.82 Å². The summed E-state index contributed by atoms with van der Waals surface area (Å²) in [6.07, 6.45) is 3.55. The van der Waals surface area contributed by atoms with E-state index in [0.717, 1.165) is 23.2 Å². The summed E-state index contributed by atoms with van der Waals surface area (Å²) in [5, 5.41) is 3.06. The van der Waals surface area contributed by atoms with Crippen LogP contribution in [0.4, 0.5) is 4.39 Å².